The van der Waals surface area contributed by atoms with E-state index in [4.69, 9.17) is 5.11 Å². The van der Waals surface area contributed by atoms with Crippen LogP contribution in [0.4, 0.5) is 0 Å². The fraction of sp³-hybridized carbons (Fsp3) is 0.308. The van der Waals surface area contributed by atoms with Crippen molar-refractivity contribution >= 4 is 17.3 Å². The fourth-order valence-corrected chi connectivity index (χ4v) is 2.71. The Balaban J connectivity index is 2.24. The molecule has 2 aromatic rings. The molecule has 18 heavy (non-hydrogen) atoms. The minimum atomic E-state index is -0.881. The van der Waals surface area contributed by atoms with Crippen LogP contribution in [0.5, 0.6) is 0 Å². The maximum absolute atomic E-state index is 11.1. The van der Waals surface area contributed by atoms with Crippen LogP contribution in [-0.2, 0) is 12.8 Å². The van der Waals surface area contributed by atoms with Crippen LogP contribution in [-0.4, -0.2) is 21.0 Å². The molecule has 5 heteroatoms. The van der Waals surface area contributed by atoms with Gasteiger partial charge in [0.15, 0.2) is 0 Å². The molecular formula is C13H14N2O2S. The summed E-state index contributed by atoms with van der Waals surface area (Å²) >= 11 is 1.26. The summed E-state index contributed by atoms with van der Waals surface area (Å²) in [6.07, 6.45) is 5.75. The van der Waals surface area contributed by atoms with Gasteiger partial charge in [-0.15, -0.1) is 11.3 Å². The Morgan fingerprint density at radius 2 is 2.33 bits per heavy atom. The lowest BCUT2D eigenvalue weighted by Gasteiger charge is -1.95. The SMILES string of the molecule is CCCc1nc(Cc2cccnc2)sc1C(=O)O. The van der Waals surface area contributed by atoms with E-state index in [0.29, 0.717) is 23.4 Å². The van der Waals surface area contributed by atoms with Crippen LogP contribution < -0.4 is 0 Å². The normalized spacial score (nSPS) is 10.5. The molecule has 4 nitrogen and oxygen atoms in total. The molecule has 0 amide bonds. The smallest absolute Gasteiger partial charge is 0.347 e. The molecule has 1 N–H and O–H groups in total. The van der Waals surface area contributed by atoms with E-state index in [0.717, 1.165) is 17.0 Å². The Morgan fingerprint density at radius 3 is 2.94 bits per heavy atom. The molecule has 0 aliphatic rings. The summed E-state index contributed by atoms with van der Waals surface area (Å²) in [6, 6.07) is 3.84. The van der Waals surface area contributed by atoms with Crippen molar-refractivity contribution in [2.75, 3.05) is 0 Å². The first-order chi connectivity index (χ1) is 8.70. The molecule has 94 valence electrons. The zero-order valence-corrected chi connectivity index (χ0v) is 10.9. The number of aromatic nitrogens is 2. The molecule has 0 atom stereocenters. The Bertz CT molecular complexity index is 537. The third kappa shape index (κ3) is 2.92. The predicted octanol–water partition coefficient (Wildman–Crippen LogP) is 2.78. The number of rotatable bonds is 5. The molecule has 0 saturated heterocycles. The van der Waals surface area contributed by atoms with E-state index in [-0.39, 0.29) is 0 Å². The lowest BCUT2D eigenvalue weighted by molar-refractivity contribution is 0.0700. The lowest BCUT2D eigenvalue weighted by atomic mass is 10.2. The average molecular weight is 262 g/mol. The van der Waals surface area contributed by atoms with Crippen LogP contribution in [0.3, 0.4) is 0 Å². The molecule has 2 rings (SSSR count). The molecule has 0 radical (unpaired) electrons. The number of carboxylic acids is 1. The Hall–Kier alpha value is -1.75. The van der Waals surface area contributed by atoms with Crippen molar-refractivity contribution in [3.63, 3.8) is 0 Å². The predicted molar refractivity (Wildman–Crippen MR) is 70.1 cm³/mol. The number of carbonyl (C=O) groups is 1. The molecule has 0 saturated carbocycles. The monoisotopic (exact) mass is 262 g/mol. The number of thiazole rings is 1. The third-order valence-electron chi connectivity index (χ3n) is 2.50. The van der Waals surface area contributed by atoms with Gasteiger partial charge >= 0.3 is 5.97 Å². The second kappa shape index (κ2) is 5.73. The van der Waals surface area contributed by atoms with Gasteiger partial charge in [0.2, 0.25) is 0 Å². The summed E-state index contributed by atoms with van der Waals surface area (Å²) < 4.78 is 0. The van der Waals surface area contributed by atoms with Gasteiger partial charge in [-0.05, 0) is 18.1 Å². The fourth-order valence-electron chi connectivity index (χ4n) is 1.73. The van der Waals surface area contributed by atoms with Crippen LogP contribution in [0.15, 0.2) is 24.5 Å². The molecule has 0 aromatic carbocycles. The number of hydrogen-bond donors (Lipinski definition) is 1. The number of aryl methyl sites for hydroxylation is 1. The van der Waals surface area contributed by atoms with Crippen molar-refractivity contribution < 1.29 is 9.90 Å². The molecule has 0 aliphatic carbocycles. The molecule has 0 fully saturated rings. The van der Waals surface area contributed by atoms with Gasteiger partial charge in [-0.1, -0.05) is 19.4 Å². The van der Waals surface area contributed by atoms with Crippen LogP contribution in [0, 0.1) is 0 Å². The quantitative estimate of drug-likeness (QED) is 0.900. The first kappa shape index (κ1) is 12.7. The number of aromatic carboxylic acids is 1. The van der Waals surface area contributed by atoms with Gasteiger partial charge in [-0.3, -0.25) is 4.98 Å². The summed E-state index contributed by atoms with van der Waals surface area (Å²) in [5, 5.41) is 9.97. The number of nitrogens with zero attached hydrogens (tertiary/aromatic N) is 2. The molecule has 2 heterocycles. The van der Waals surface area contributed by atoms with Crippen LogP contribution in [0.1, 0.15) is 39.3 Å². The van der Waals surface area contributed by atoms with Crippen molar-refractivity contribution in [2.45, 2.75) is 26.2 Å². The van der Waals surface area contributed by atoms with Crippen LogP contribution in [0.25, 0.3) is 0 Å². The van der Waals surface area contributed by atoms with Gasteiger partial charge in [-0.2, -0.15) is 0 Å². The minimum absolute atomic E-state index is 0.371. The maximum Gasteiger partial charge on any atom is 0.347 e. The van der Waals surface area contributed by atoms with Crippen molar-refractivity contribution in [1.82, 2.24) is 9.97 Å². The highest BCUT2D eigenvalue weighted by Crippen LogP contribution is 2.22. The number of pyridine rings is 1. The van der Waals surface area contributed by atoms with Crippen molar-refractivity contribution in [2.24, 2.45) is 0 Å². The Kier molecular flexibility index (Phi) is 4.04. The summed E-state index contributed by atoms with van der Waals surface area (Å²) in [7, 11) is 0. The highest BCUT2D eigenvalue weighted by Gasteiger charge is 2.16. The first-order valence-corrected chi connectivity index (χ1v) is 6.63. The lowest BCUT2D eigenvalue weighted by Crippen LogP contribution is -1.98. The largest absolute Gasteiger partial charge is 0.477 e. The van der Waals surface area contributed by atoms with E-state index < -0.39 is 5.97 Å². The molecule has 0 unspecified atom stereocenters. The van der Waals surface area contributed by atoms with E-state index in [1.807, 2.05) is 19.1 Å². The molecule has 0 bridgehead atoms. The first-order valence-electron chi connectivity index (χ1n) is 5.81. The Labute approximate surface area is 109 Å². The zero-order valence-electron chi connectivity index (χ0n) is 10.1. The molecular weight excluding hydrogens is 248 g/mol. The van der Waals surface area contributed by atoms with Crippen molar-refractivity contribution in [3.05, 3.63) is 45.7 Å². The van der Waals surface area contributed by atoms with E-state index in [1.165, 1.54) is 11.3 Å². The summed E-state index contributed by atoms with van der Waals surface area (Å²) in [4.78, 5) is 20.0. The van der Waals surface area contributed by atoms with Gasteiger partial charge in [0.25, 0.3) is 0 Å². The topological polar surface area (TPSA) is 63.1 Å². The maximum atomic E-state index is 11.1. The zero-order chi connectivity index (χ0) is 13.0. The van der Waals surface area contributed by atoms with Gasteiger partial charge in [-0.25, -0.2) is 9.78 Å². The highest BCUT2D eigenvalue weighted by atomic mass is 32.1. The van der Waals surface area contributed by atoms with E-state index in [9.17, 15) is 4.79 Å². The van der Waals surface area contributed by atoms with E-state index in [2.05, 4.69) is 9.97 Å². The van der Waals surface area contributed by atoms with Crippen molar-refractivity contribution in [3.8, 4) is 0 Å². The standard InChI is InChI=1S/C13H14N2O2S/c1-2-4-10-12(13(16)17)18-11(15-10)7-9-5-3-6-14-8-9/h3,5-6,8H,2,4,7H2,1H3,(H,16,17). The minimum Gasteiger partial charge on any atom is -0.477 e. The van der Waals surface area contributed by atoms with Crippen LogP contribution >= 0.6 is 11.3 Å². The molecule has 0 aliphatic heterocycles. The van der Waals surface area contributed by atoms with Crippen LogP contribution in [0.2, 0.25) is 0 Å². The van der Waals surface area contributed by atoms with Gasteiger partial charge in [0.1, 0.15) is 4.88 Å². The summed E-state index contributed by atoms with van der Waals surface area (Å²) in [5.41, 5.74) is 1.75. The third-order valence-corrected chi connectivity index (χ3v) is 3.59. The number of carboxylic acid groups (broad SMARTS) is 1. The highest BCUT2D eigenvalue weighted by molar-refractivity contribution is 7.13. The van der Waals surface area contributed by atoms with E-state index in [1.54, 1.807) is 12.4 Å². The summed E-state index contributed by atoms with van der Waals surface area (Å²) in [6.45, 7) is 2.02. The Morgan fingerprint density at radius 1 is 1.50 bits per heavy atom. The second-order valence-electron chi connectivity index (χ2n) is 3.98. The molecule has 0 spiro atoms. The van der Waals surface area contributed by atoms with Gasteiger partial charge in [0, 0.05) is 18.8 Å². The molecule has 2 aromatic heterocycles. The van der Waals surface area contributed by atoms with Gasteiger partial charge < -0.3 is 5.11 Å². The summed E-state index contributed by atoms with van der Waals surface area (Å²) in [5.74, 6) is -0.881. The number of hydrogen-bond acceptors (Lipinski definition) is 4. The second-order valence-corrected chi connectivity index (χ2v) is 5.06. The van der Waals surface area contributed by atoms with Gasteiger partial charge in [0.05, 0.1) is 10.7 Å². The average Bonchev–Trinajstić information content (AvgIpc) is 2.74. The van der Waals surface area contributed by atoms with Crippen molar-refractivity contribution in [1.29, 1.82) is 0 Å². The van der Waals surface area contributed by atoms with E-state index >= 15 is 0 Å².